The molecule has 0 saturated carbocycles. The molecule has 174 valence electrons. The Labute approximate surface area is 193 Å². The molecule has 2 aliphatic heterocycles. The fourth-order valence-corrected chi connectivity index (χ4v) is 4.72. The van der Waals surface area contributed by atoms with Gasteiger partial charge in [0.1, 0.15) is 5.75 Å². The van der Waals surface area contributed by atoms with Gasteiger partial charge in [-0.3, -0.25) is 9.88 Å². The highest BCUT2D eigenvalue weighted by Crippen LogP contribution is 2.36. The fourth-order valence-electron chi connectivity index (χ4n) is 4.72. The van der Waals surface area contributed by atoms with Gasteiger partial charge in [-0.15, -0.1) is 0 Å². The molecule has 4 heterocycles. The Kier molecular flexibility index (Phi) is 5.39. The van der Waals surface area contributed by atoms with Crippen molar-refractivity contribution in [3.63, 3.8) is 0 Å². The van der Waals surface area contributed by atoms with Crippen molar-refractivity contribution in [1.29, 1.82) is 0 Å². The van der Waals surface area contributed by atoms with Gasteiger partial charge in [-0.2, -0.15) is 0 Å². The lowest BCUT2D eigenvalue weighted by atomic mass is 10.0. The summed E-state index contributed by atoms with van der Waals surface area (Å²) in [6, 6.07) is 6.13. The topological polar surface area (TPSA) is 86.4 Å². The number of aliphatic hydroxyl groups excluding tert-OH is 1. The molecule has 1 atom stereocenters. The summed E-state index contributed by atoms with van der Waals surface area (Å²) in [6.45, 7) is 11.8. The number of aromatic nitrogens is 3. The van der Waals surface area contributed by atoms with E-state index in [1.54, 1.807) is 0 Å². The van der Waals surface area contributed by atoms with Crippen LogP contribution in [0.15, 0.2) is 30.6 Å². The number of rotatable bonds is 4. The molecule has 0 amide bonds. The molecule has 0 bridgehead atoms. The molecule has 0 spiro atoms. The maximum atomic E-state index is 10.8. The van der Waals surface area contributed by atoms with E-state index < -0.39 is 11.9 Å². The van der Waals surface area contributed by atoms with Gasteiger partial charge in [0.15, 0.2) is 5.65 Å². The average molecular weight is 450 g/mol. The van der Waals surface area contributed by atoms with Gasteiger partial charge < -0.3 is 24.3 Å². The average Bonchev–Trinajstić information content (AvgIpc) is 3.16. The smallest absolute Gasteiger partial charge is 0.226 e. The molecule has 3 aromatic rings. The first-order chi connectivity index (χ1) is 15.7. The van der Waals surface area contributed by atoms with E-state index in [0.717, 1.165) is 54.5 Å². The molecule has 0 radical (unpaired) electrons. The number of aliphatic hydroxyl groups is 2. The minimum Gasteiger partial charge on any atom is -0.460 e. The monoisotopic (exact) mass is 449 g/mol. The first kappa shape index (κ1) is 21.9. The number of anilines is 1. The Morgan fingerprint density at radius 2 is 1.85 bits per heavy atom. The zero-order valence-corrected chi connectivity index (χ0v) is 19.6. The van der Waals surface area contributed by atoms with Gasteiger partial charge in [0, 0.05) is 68.0 Å². The van der Waals surface area contributed by atoms with Crippen molar-refractivity contribution in [2.75, 3.05) is 37.6 Å². The molecule has 2 aromatic heterocycles. The minimum atomic E-state index is -1.09. The third kappa shape index (κ3) is 4.46. The molecular weight excluding hydrogens is 418 g/mol. The lowest BCUT2D eigenvalue weighted by molar-refractivity contribution is 0.0318. The molecule has 2 aliphatic rings. The van der Waals surface area contributed by atoms with Crippen LogP contribution in [0.3, 0.4) is 0 Å². The van der Waals surface area contributed by atoms with Crippen LogP contribution in [-0.2, 0) is 0 Å². The number of benzene rings is 1. The Morgan fingerprint density at radius 3 is 2.58 bits per heavy atom. The summed E-state index contributed by atoms with van der Waals surface area (Å²) in [5.74, 6) is 0.667. The highest BCUT2D eigenvalue weighted by atomic mass is 16.6. The van der Waals surface area contributed by atoms with E-state index in [2.05, 4.69) is 25.8 Å². The lowest BCUT2D eigenvalue weighted by Gasteiger charge is -2.38. The summed E-state index contributed by atoms with van der Waals surface area (Å²) < 4.78 is 7.86. The van der Waals surface area contributed by atoms with Gasteiger partial charge in [-0.05, 0) is 45.9 Å². The number of hydrogen-bond donors (Lipinski definition) is 2. The van der Waals surface area contributed by atoms with Gasteiger partial charge >= 0.3 is 0 Å². The number of imidazole rings is 1. The van der Waals surface area contributed by atoms with E-state index in [1.807, 2.05) is 62.7 Å². The van der Waals surface area contributed by atoms with Crippen LogP contribution in [0, 0.1) is 13.8 Å². The summed E-state index contributed by atoms with van der Waals surface area (Å²) in [6.07, 6.45) is 4.70. The van der Waals surface area contributed by atoms with Crippen LogP contribution < -0.4 is 9.64 Å². The third-order valence-corrected chi connectivity index (χ3v) is 6.18. The van der Waals surface area contributed by atoms with Gasteiger partial charge in [0.05, 0.1) is 22.7 Å². The molecule has 8 nitrogen and oxygen atoms in total. The van der Waals surface area contributed by atoms with E-state index >= 15 is 0 Å². The highest BCUT2D eigenvalue weighted by Gasteiger charge is 2.26. The molecule has 1 aromatic carbocycles. The number of hydrogen-bond acceptors (Lipinski definition) is 7. The Morgan fingerprint density at radius 1 is 1.09 bits per heavy atom. The van der Waals surface area contributed by atoms with E-state index in [1.165, 1.54) is 0 Å². The summed E-state index contributed by atoms with van der Waals surface area (Å²) in [7, 11) is 0. The second-order valence-corrected chi connectivity index (χ2v) is 9.69. The largest absolute Gasteiger partial charge is 0.460 e. The summed E-state index contributed by atoms with van der Waals surface area (Å²) in [5.41, 5.74) is 5.16. The van der Waals surface area contributed by atoms with Crippen LogP contribution in [-0.4, -0.2) is 74.1 Å². The molecule has 0 aliphatic carbocycles. The third-order valence-electron chi connectivity index (χ3n) is 6.18. The number of piperazine rings is 1. The molecular formula is C25H31N5O3. The second kappa shape index (κ2) is 8.13. The zero-order chi connectivity index (χ0) is 23.3. The van der Waals surface area contributed by atoms with E-state index in [-0.39, 0.29) is 0 Å². The normalized spacial score (nSPS) is 19.4. The van der Waals surface area contributed by atoms with Crippen molar-refractivity contribution in [2.45, 2.75) is 39.6 Å². The SMILES string of the molecule is Cc1cn2cc(C3=Cc4ccc(N5CCN(CC(C)(C)O)CC5)cc4OC3O)nc2c(C)n1. The number of ether oxygens (including phenoxy) is 1. The van der Waals surface area contributed by atoms with Crippen LogP contribution in [0.2, 0.25) is 0 Å². The summed E-state index contributed by atoms with van der Waals surface area (Å²) in [4.78, 5) is 13.8. The van der Waals surface area contributed by atoms with Gasteiger partial charge in [0.25, 0.3) is 0 Å². The second-order valence-electron chi connectivity index (χ2n) is 9.69. The molecule has 5 rings (SSSR count). The van der Waals surface area contributed by atoms with Crippen LogP contribution >= 0.6 is 0 Å². The highest BCUT2D eigenvalue weighted by molar-refractivity contribution is 5.86. The zero-order valence-electron chi connectivity index (χ0n) is 19.6. The number of fused-ring (bicyclic) bond motifs is 2. The molecule has 33 heavy (non-hydrogen) atoms. The predicted octanol–water partition coefficient (Wildman–Crippen LogP) is 2.49. The van der Waals surface area contributed by atoms with Gasteiger partial charge in [-0.25, -0.2) is 4.98 Å². The predicted molar refractivity (Wildman–Crippen MR) is 128 cm³/mol. The molecule has 2 N–H and O–H groups in total. The van der Waals surface area contributed by atoms with Crippen LogP contribution in [0.1, 0.15) is 36.5 Å². The Hall–Kier alpha value is -2.94. The maximum absolute atomic E-state index is 10.8. The molecule has 1 fully saturated rings. The van der Waals surface area contributed by atoms with Crippen molar-refractivity contribution >= 4 is 23.0 Å². The standard InChI is InChI=1S/C25H31N5O3/c1-16-13-30-14-21(27-23(30)17(2)26-16)20-11-18-5-6-19(12-22(18)33-24(20)31)29-9-7-28(8-10-29)15-25(3,4)32/h5-6,11-14,24,31-32H,7-10,15H2,1-4H3. The summed E-state index contributed by atoms with van der Waals surface area (Å²) in [5, 5.41) is 20.8. The Balaban J connectivity index is 1.37. The maximum Gasteiger partial charge on any atom is 0.226 e. The molecule has 1 unspecified atom stereocenters. The number of β-amino-alcohol motifs (C(OH)–C–C–N with tert-alkyl or cyclic N) is 1. The van der Waals surface area contributed by atoms with Crippen molar-refractivity contribution < 1.29 is 14.9 Å². The van der Waals surface area contributed by atoms with Crippen molar-refractivity contribution in [1.82, 2.24) is 19.3 Å². The fraction of sp³-hybridized carbons (Fsp3) is 0.440. The van der Waals surface area contributed by atoms with E-state index in [4.69, 9.17) is 4.74 Å². The van der Waals surface area contributed by atoms with Crippen molar-refractivity contribution in [2.24, 2.45) is 0 Å². The number of nitrogens with zero attached hydrogens (tertiary/aromatic N) is 5. The van der Waals surface area contributed by atoms with E-state index in [9.17, 15) is 10.2 Å². The molecule has 1 saturated heterocycles. The lowest BCUT2D eigenvalue weighted by Crippen LogP contribution is -2.50. The molecule has 8 heteroatoms. The van der Waals surface area contributed by atoms with Crippen LogP contribution in [0.5, 0.6) is 5.75 Å². The van der Waals surface area contributed by atoms with Crippen molar-refractivity contribution in [3.8, 4) is 5.75 Å². The van der Waals surface area contributed by atoms with Gasteiger partial charge in [0.2, 0.25) is 6.29 Å². The first-order valence-electron chi connectivity index (χ1n) is 11.4. The van der Waals surface area contributed by atoms with Crippen molar-refractivity contribution in [3.05, 3.63) is 53.2 Å². The summed E-state index contributed by atoms with van der Waals surface area (Å²) >= 11 is 0. The van der Waals surface area contributed by atoms with E-state index in [0.29, 0.717) is 23.6 Å². The van der Waals surface area contributed by atoms with Gasteiger partial charge in [-0.1, -0.05) is 0 Å². The quantitative estimate of drug-likeness (QED) is 0.633. The minimum absolute atomic E-state index is 0.635. The Bertz CT molecular complexity index is 1220. The number of aryl methyl sites for hydroxylation is 2. The first-order valence-corrected chi connectivity index (χ1v) is 11.4. The van der Waals surface area contributed by atoms with Crippen LogP contribution in [0.4, 0.5) is 5.69 Å². The van der Waals surface area contributed by atoms with Crippen LogP contribution in [0.25, 0.3) is 17.3 Å².